The SMILES string of the molecule is CC1(C)CCC(Nc2c(C#N)cnc3ccccc23)CC1. The van der Waals surface area contributed by atoms with E-state index in [2.05, 4.69) is 30.2 Å². The van der Waals surface area contributed by atoms with Crippen molar-refractivity contribution in [1.29, 1.82) is 5.26 Å². The molecule has 1 saturated carbocycles. The first-order valence-corrected chi connectivity index (χ1v) is 7.63. The summed E-state index contributed by atoms with van der Waals surface area (Å²) in [6, 6.07) is 10.7. The minimum absolute atomic E-state index is 0.455. The molecule has 3 heteroatoms. The van der Waals surface area contributed by atoms with E-state index in [0.717, 1.165) is 29.4 Å². The van der Waals surface area contributed by atoms with Crippen molar-refractivity contribution < 1.29 is 0 Å². The largest absolute Gasteiger partial charge is 0.381 e. The van der Waals surface area contributed by atoms with Gasteiger partial charge in [0.25, 0.3) is 0 Å². The third-order valence-electron chi connectivity index (χ3n) is 4.58. The van der Waals surface area contributed by atoms with Gasteiger partial charge >= 0.3 is 0 Å². The quantitative estimate of drug-likeness (QED) is 0.881. The average Bonchev–Trinajstić information content (AvgIpc) is 2.49. The fraction of sp³-hybridized carbons (Fsp3) is 0.444. The fourth-order valence-electron chi connectivity index (χ4n) is 3.13. The summed E-state index contributed by atoms with van der Waals surface area (Å²) < 4.78 is 0. The standard InChI is InChI=1S/C18H21N3/c1-18(2)9-7-14(8-10-18)21-17-13(11-19)12-20-16-6-4-3-5-15(16)17/h3-6,12,14H,7-10H2,1-2H3,(H,20,21). The summed E-state index contributed by atoms with van der Waals surface area (Å²) in [5.41, 5.74) is 2.98. The molecule has 0 atom stereocenters. The maximum atomic E-state index is 9.36. The molecule has 0 saturated heterocycles. The molecule has 0 radical (unpaired) electrons. The molecule has 3 nitrogen and oxygen atoms in total. The van der Waals surface area contributed by atoms with Crippen LogP contribution in [0.15, 0.2) is 30.5 Å². The van der Waals surface area contributed by atoms with Gasteiger partial charge in [0.05, 0.1) is 16.8 Å². The normalized spacial score (nSPS) is 18.3. The zero-order chi connectivity index (χ0) is 14.9. The van der Waals surface area contributed by atoms with Gasteiger partial charge in [0, 0.05) is 17.6 Å². The molecule has 1 heterocycles. The molecule has 0 spiro atoms. The number of nitrogens with one attached hydrogen (secondary N) is 1. The van der Waals surface area contributed by atoms with Crippen molar-refractivity contribution in [3.63, 3.8) is 0 Å². The number of para-hydroxylation sites is 1. The van der Waals surface area contributed by atoms with Crippen molar-refractivity contribution in [1.82, 2.24) is 4.98 Å². The number of nitriles is 1. The third kappa shape index (κ3) is 2.85. The Morgan fingerprint density at radius 3 is 2.67 bits per heavy atom. The average molecular weight is 279 g/mol. The summed E-state index contributed by atoms with van der Waals surface area (Å²) in [6.45, 7) is 4.68. The lowest BCUT2D eigenvalue weighted by Gasteiger charge is -2.35. The molecule has 21 heavy (non-hydrogen) atoms. The summed E-state index contributed by atoms with van der Waals surface area (Å²) in [7, 11) is 0. The highest BCUT2D eigenvalue weighted by atomic mass is 14.9. The highest BCUT2D eigenvalue weighted by Gasteiger charge is 2.27. The van der Waals surface area contributed by atoms with Gasteiger partial charge in [-0.05, 0) is 37.2 Å². The first-order chi connectivity index (χ1) is 10.1. The molecule has 1 aromatic carbocycles. The van der Waals surface area contributed by atoms with E-state index in [9.17, 15) is 5.26 Å². The molecular weight excluding hydrogens is 258 g/mol. The number of hydrogen-bond acceptors (Lipinski definition) is 3. The van der Waals surface area contributed by atoms with Crippen LogP contribution in [0.25, 0.3) is 10.9 Å². The topological polar surface area (TPSA) is 48.7 Å². The summed E-state index contributed by atoms with van der Waals surface area (Å²) in [6.07, 6.45) is 6.46. The van der Waals surface area contributed by atoms with Crippen LogP contribution in [-0.2, 0) is 0 Å². The summed E-state index contributed by atoms with van der Waals surface area (Å²) in [5.74, 6) is 0. The molecule has 0 amide bonds. The smallest absolute Gasteiger partial charge is 0.103 e. The lowest BCUT2D eigenvalue weighted by molar-refractivity contribution is 0.232. The molecule has 0 unspecified atom stereocenters. The Bertz CT molecular complexity index is 687. The highest BCUT2D eigenvalue weighted by Crippen LogP contribution is 2.37. The molecule has 1 aliphatic rings. The van der Waals surface area contributed by atoms with Gasteiger partial charge in [-0.2, -0.15) is 5.26 Å². The Morgan fingerprint density at radius 2 is 1.95 bits per heavy atom. The predicted molar refractivity (Wildman–Crippen MR) is 86.1 cm³/mol. The van der Waals surface area contributed by atoms with Crippen LogP contribution < -0.4 is 5.32 Å². The van der Waals surface area contributed by atoms with Crippen molar-refractivity contribution in [2.24, 2.45) is 5.41 Å². The van der Waals surface area contributed by atoms with E-state index in [1.54, 1.807) is 6.20 Å². The van der Waals surface area contributed by atoms with Crippen LogP contribution >= 0.6 is 0 Å². The number of fused-ring (bicyclic) bond motifs is 1. The van der Waals surface area contributed by atoms with E-state index in [4.69, 9.17) is 0 Å². The molecule has 1 fully saturated rings. The van der Waals surface area contributed by atoms with E-state index in [-0.39, 0.29) is 0 Å². The molecule has 1 N–H and O–H groups in total. The Labute approximate surface area is 126 Å². The Morgan fingerprint density at radius 1 is 1.24 bits per heavy atom. The maximum absolute atomic E-state index is 9.36. The molecular formula is C18H21N3. The number of anilines is 1. The fourth-order valence-corrected chi connectivity index (χ4v) is 3.13. The number of pyridine rings is 1. The van der Waals surface area contributed by atoms with Crippen LogP contribution in [-0.4, -0.2) is 11.0 Å². The summed E-state index contributed by atoms with van der Waals surface area (Å²) in [4.78, 5) is 4.37. The lowest BCUT2D eigenvalue weighted by Crippen LogP contribution is -2.30. The molecule has 108 valence electrons. The first-order valence-electron chi connectivity index (χ1n) is 7.63. The van der Waals surface area contributed by atoms with E-state index in [0.29, 0.717) is 17.0 Å². The minimum atomic E-state index is 0.455. The van der Waals surface area contributed by atoms with E-state index >= 15 is 0 Å². The minimum Gasteiger partial charge on any atom is -0.381 e. The van der Waals surface area contributed by atoms with Crippen LogP contribution in [0.4, 0.5) is 5.69 Å². The number of rotatable bonds is 2. The van der Waals surface area contributed by atoms with Gasteiger partial charge in [0.2, 0.25) is 0 Å². The van der Waals surface area contributed by atoms with Crippen molar-refractivity contribution in [3.8, 4) is 6.07 Å². The first kappa shape index (κ1) is 13.9. The van der Waals surface area contributed by atoms with Crippen LogP contribution in [0, 0.1) is 16.7 Å². The molecule has 2 aromatic rings. The predicted octanol–water partition coefficient (Wildman–Crippen LogP) is 4.49. The van der Waals surface area contributed by atoms with Gasteiger partial charge in [0.1, 0.15) is 6.07 Å². The molecule has 1 aromatic heterocycles. The van der Waals surface area contributed by atoms with Crippen LogP contribution in [0.3, 0.4) is 0 Å². The number of aromatic nitrogens is 1. The Kier molecular flexibility index (Phi) is 3.55. The molecule has 3 rings (SSSR count). The van der Waals surface area contributed by atoms with Crippen LogP contribution in [0.1, 0.15) is 45.1 Å². The van der Waals surface area contributed by atoms with Crippen molar-refractivity contribution in [2.45, 2.75) is 45.6 Å². The number of nitrogens with zero attached hydrogens (tertiary/aromatic N) is 2. The maximum Gasteiger partial charge on any atom is 0.103 e. The second kappa shape index (κ2) is 5.37. The van der Waals surface area contributed by atoms with E-state index < -0.39 is 0 Å². The molecule has 0 aliphatic heterocycles. The zero-order valence-electron chi connectivity index (χ0n) is 12.7. The highest BCUT2D eigenvalue weighted by molar-refractivity contribution is 5.93. The van der Waals surface area contributed by atoms with Gasteiger partial charge in [-0.1, -0.05) is 32.0 Å². The van der Waals surface area contributed by atoms with Gasteiger partial charge in [-0.15, -0.1) is 0 Å². The lowest BCUT2D eigenvalue weighted by atomic mass is 9.75. The Hall–Kier alpha value is -2.08. The van der Waals surface area contributed by atoms with Gasteiger partial charge in [0.15, 0.2) is 0 Å². The summed E-state index contributed by atoms with van der Waals surface area (Å²) >= 11 is 0. The second-order valence-corrected chi connectivity index (χ2v) is 6.76. The van der Waals surface area contributed by atoms with Crippen molar-refractivity contribution in [2.75, 3.05) is 5.32 Å². The van der Waals surface area contributed by atoms with E-state index in [1.807, 2.05) is 24.3 Å². The van der Waals surface area contributed by atoms with Gasteiger partial charge < -0.3 is 5.32 Å². The van der Waals surface area contributed by atoms with Gasteiger partial charge in [-0.25, -0.2) is 0 Å². The van der Waals surface area contributed by atoms with Crippen molar-refractivity contribution >= 4 is 16.6 Å². The number of benzene rings is 1. The van der Waals surface area contributed by atoms with Gasteiger partial charge in [-0.3, -0.25) is 4.98 Å². The second-order valence-electron chi connectivity index (χ2n) is 6.76. The van der Waals surface area contributed by atoms with Crippen molar-refractivity contribution in [3.05, 3.63) is 36.0 Å². The Balaban J connectivity index is 1.91. The molecule has 0 bridgehead atoms. The monoisotopic (exact) mass is 279 g/mol. The van der Waals surface area contributed by atoms with E-state index in [1.165, 1.54) is 12.8 Å². The number of hydrogen-bond donors (Lipinski definition) is 1. The zero-order valence-corrected chi connectivity index (χ0v) is 12.7. The third-order valence-corrected chi connectivity index (χ3v) is 4.58. The van der Waals surface area contributed by atoms with Crippen LogP contribution in [0.5, 0.6) is 0 Å². The molecule has 1 aliphatic carbocycles. The summed E-state index contributed by atoms with van der Waals surface area (Å²) in [5, 5.41) is 14.0. The van der Waals surface area contributed by atoms with Crippen LogP contribution in [0.2, 0.25) is 0 Å².